The summed E-state index contributed by atoms with van der Waals surface area (Å²) in [5, 5.41) is 10.0. The van der Waals surface area contributed by atoms with Gasteiger partial charge in [0.05, 0.1) is 10.6 Å². The van der Waals surface area contributed by atoms with Crippen molar-refractivity contribution < 1.29 is 13.6 Å². The largest absolute Gasteiger partial charge is 0.419 e. The molecule has 1 aliphatic heterocycles. The number of nitrogens with zero attached hydrogens (tertiary/aromatic N) is 4. The molecule has 140 valence electrons. The first-order valence-electron chi connectivity index (χ1n) is 8.76. The standard InChI is InChI=1S/C19H19FN4O2S/c1-13-6-11-27-18(13)19-22-21-16(26-19)12-17(25)24-9-7-23(8-10-24)15-5-3-2-4-14(15)20/h2-6,11H,7-10,12H2,1H3. The summed E-state index contributed by atoms with van der Waals surface area (Å²) in [6.45, 7) is 4.25. The van der Waals surface area contributed by atoms with Gasteiger partial charge in [-0.1, -0.05) is 12.1 Å². The third-order valence-corrected chi connectivity index (χ3v) is 5.66. The first-order valence-corrected chi connectivity index (χ1v) is 9.64. The Kier molecular flexibility index (Phi) is 4.89. The van der Waals surface area contributed by atoms with Crippen LogP contribution in [-0.2, 0) is 11.2 Å². The lowest BCUT2D eigenvalue weighted by molar-refractivity contribution is -0.131. The fourth-order valence-electron chi connectivity index (χ4n) is 3.15. The molecule has 1 aromatic carbocycles. The van der Waals surface area contributed by atoms with Crippen molar-refractivity contribution in [2.75, 3.05) is 31.1 Å². The Labute approximate surface area is 160 Å². The lowest BCUT2D eigenvalue weighted by Gasteiger charge is -2.36. The minimum atomic E-state index is -0.237. The third-order valence-electron chi connectivity index (χ3n) is 4.65. The minimum Gasteiger partial charge on any atom is -0.419 e. The maximum atomic E-state index is 13.9. The van der Waals surface area contributed by atoms with Gasteiger partial charge in [-0.15, -0.1) is 21.5 Å². The zero-order chi connectivity index (χ0) is 18.8. The third kappa shape index (κ3) is 3.71. The number of hydrogen-bond donors (Lipinski definition) is 0. The van der Waals surface area contributed by atoms with Crippen molar-refractivity contribution in [1.29, 1.82) is 0 Å². The predicted octanol–water partition coefficient (Wildman–Crippen LogP) is 3.14. The molecule has 27 heavy (non-hydrogen) atoms. The van der Waals surface area contributed by atoms with E-state index in [0.717, 1.165) is 10.4 Å². The molecule has 0 saturated carbocycles. The Morgan fingerprint density at radius 2 is 1.96 bits per heavy atom. The Hall–Kier alpha value is -2.74. The minimum absolute atomic E-state index is 0.0544. The highest BCUT2D eigenvalue weighted by Gasteiger charge is 2.24. The summed E-state index contributed by atoms with van der Waals surface area (Å²) in [6.07, 6.45) is 0.0805. The van der Waals surface area contributed by atoms with Crippen molar-refractivity contribution in [1.82, 2.24) is 15.1 Å². The summed E-state index contributed by atoms with van der Waals surface area (Å²) >= 11 is 1.53. The zero-order valence-electron chi connectivity index (χ0n) is 14.9. The fourth-order valence-corrected chi connectivity index (χ4v) is 4.00. The second kappa shape index (κ2) is 7.48. The van der Waals surface area contributed by atoms with Crippen molar-refractivity contribution in [3.63, 3.8) is 0 Å². The predicted molar refractivity (Wildman–Crippen MR) is 101 cm³/mol. The second-order valence-corrected chi connectivity index (χ2v) is 7.35. The highest BCUT2D eigenvalue weighted by Crippen LogP contribution is 2.28. The van der Waals surface area contributed by atoms with Gasteiger partial charge in [0.2, 0.25) is 11.8 Å². The van der Waals surface area contributed by atoms with E-state index in [1.807, 2.05) is 29.3 Å². The van der Waals surface area contributed by atoms with Crippen LogP contribution in [0.5, 0.6) is 0 Å². The molecule has 0 bridgehead atoms. The second-order valence-electron chi connectivity index (χ2n) is 6.43. The molecule has 3 aromatic rings. The number of carbonyl (C=O) groups is 1. The summed E-state index contributed by atoms with van der Waals surface area (Å²) in [5.41, 5.74) is 1.66. The quantitative estimate of drug-likeness (QED) is 0.689. The number of para-hydroxylation sites is 1. The van der Waals surface area contributed by atoms with Gasteiger partial charge in [0.1, 0.15) is 12.2 Å². The summed E-state index contributed by atoms with van der Waals surface area (Å²) in [6, 6.07) is 8.70. The molecule has 0 N–H and O–H groups in total. The van der Waals surface area contributed by atoms with Crippen LogP contribution in [0.25, 0.3) is 10.8 Å². The molecule has 0 atom stereocenters. The summed E-state index contributed by atoms with van der Waals surface area (Å²) in [4.78, 5) is 17.2. The Bertz CT molecular complexity index is 947. The number of thiophene rings is 1. The number of aromatic nitrogens is 2. The number of rotatable bonds is 4. The van der Waals surface area contributed by atoms with E-state index in [2.05, 4.69) is 10.2 Å². The molecule has 0 unspecified atom stereocenters. The number of piperazine rings is 1. The molecule has 0 aliphatic carbocycles. The molecule has 1 aliphatic rings. The van der Waals surface area contributed by atoms with Crippen molar-refractivity contribution in [2.45, 2.75) is 13.3 Å². The maximum absolute atomic E-state index is 13.9. The Balaban J connectivity index is 1.36. The molecular formula is C19H19FN4O2S. The molecule has 1 amide bonds. The van der Waals surface area contributed by atoms with E-state index in [4.69, 9.17) is 4.42 Å². The molecule has 1 fully saturated rings. The van der Waals surface area contributed by atoms with Crippen molar-refractivity contribution in [3.8, 4) is 10.8 Å². The van der Waals surface area contributed by atoms with Gasteiger partial charge < -0.3 is 14.2 Å². The van der Waals surface area contributed by atoms with Gasteiger partial charge in [-0.2, -0.15) is 0 Å². The van der Waals surface area contributed by atoms with Gasteiger partial charge in [-0.3, -0.25) is 4.79 Å². The van der Waals surface area contributed by atoms with Crippen molar-refractivity contribution in [2.24, 2.45) is 0 Å². The molecule has 0 radical (unpaired) electrons. The van der Waals surface area contributed by atoms with Gasteiger partial charge in [-0.05, 0) is 36.1 Å². The number of benzene rings is 1. The average Bonchev–Trinajstić information content (AvgIpc) is 3.31. The molecule has 6 nitrogen and oxygen atoms in total. The average molecular weight is 386 g/mol. The van der Waals surface area contributed by atoms with E-state index >= 15 is 0 Å². The molecule has 4 rings (SSSR count). The van der Waals surface area contributed by atoms with E-state index in [1.165, 1.54) is 17.4 Å². The first kappa shape index (κ1) is 17.7. The summed E-state index contributed by atoms with van der Waals surface area (Å²) in [7, 11) is 0. The van der Waals surface area contributed by atoms with Crippen LogP contribution in [0.2, 0.25) is 0 Å². The van der Waals surface area contributed by atoms with Gasteiger partial charge >= 0.3 is 0 Å². The number of aryl methyl sites for hydroxylation is 1. The van der Waals surface area contributed by atoms with Crippen LogP contribution in [0.3, 0.4) is 0 Å². The topological polar surface area (TPSA) is 62.5 Å². The molecule has 8 heteroatoms. The van der Waals surface area contributed by atoms with E-state index in [9.17, 15) is 9.18 Å². The normalized spacial score (nSPS) is 14.6. The smallest absolute Gasteiger partial charge is 0.258 e. The Morgan fingerprint density at radius 1 is 1.19 bits per heavy atom. The number of hydrogen-bond acceptors (Lipinski definition) is 6. The van der Waals surface area contributed by atoms with Crippen LogP contribution in [0, 0.1) is 12.7 Å². The number of anilines is 1. The van der Waals surface area contributed by atoms with E-state index in [1.54, 1.807) is 17.0 Å². The van der Waals surface area contributed by atoms with Gasteiger partial charge in [0, 0.05) is 26.2 Å². The van der Waals surface area contributed by atoms with E-state index in [0.29, 0.717) is 43.6 Å². The lowest BCUT2D eigenvalue weighted by atomic mass is 10.2. The van der Waals surface area contributed by atoms with Crippen molar-refractivity contribution in [3.05, 3.63) is 53.0 Å². The van der Waals surface area contributed by atoms with Crippen LogP contribution in [0.15, 0.2) is 40.1 Å². The van der Waals surface area contributed by atoms with Crippen LogP contribution >= 0.6 is 11.3 Å². The summed E-state index contributed by atoms with van der Waals surface area (Å²) in [5.74, 6) is 0.481. The van der Waals surface area contributed by atoms with Gasteiger partial charge in [0.15, 0.2) is 0 Å². The van der Waals surface area contributed by atoms with Gasteiger partial charge in [-0.25, -0.2) is 4.39 Å². The van der Waals surface area contributed by atoms with E-state index in [-0.39, 0.29) is 18.1 Å². The van der Waals surface area contributed by atoms with E-state index < -0.39 is 0 Å². The number of carbonyl (C=O) groups excluding carboxylic acids is 1. The molecule has 3 heterocycles. The van der Waals surface area contributed by atoms with Crippen LogP contribution in [0.4, 0.5) is 10.1 Å². The number of halogens is 1. The maximum Gasteiger partial charge on any atom is 0.258 e. The first-order chi connectivity index (χ1) is 13.1. The SMILES string of the molecule is Cc1ccsc1-c1nnc(CC(=O)N2CCN(c3ccccc3F)CC2)o1. The molecule has 0 spiro atoms. The Morgan fingerprint density at radius 3 is 2.67 bits per heavy atom. The zero-order valence-corrected chi connectivity index (χ0v) is 15.7. The molecule has 2 aromatic heterocycles. The van der Waals surface area contributed by atoms with Crippen molar-refractivity contribution >= 4 is 22.9 Å². The highest BCUT2D eigenvalue weighted by atomic mass is 32.1. The lowest BCUT2D eigenvalue weighted by Crippen LogP contribution is -2.49. The molecular weight excluding hydrogens is 367 g/mol. The highest BCUT2D eigenvalue weighted by molar-refractivity contribution is 7.13. The van der Waals surface area contributed by atoms with Gasteiger partial charge in [0.25, 0.3) is 5.89 Å². The molecule has 1 saturated heterocycles. The monoisotopic (exact) mass is 386 g/mol. The fraction of sp³-hybridized carbons (Fsp3) is 0.316. The number of amides is 1. The van der Waals surface area contributed by atoms with Crippen LogP contribution in [-0.4, -0.2) is 47.2 Å². The van der Waals surface area contributed by atoms with Crippen LogP contribution < -0.4 is 4.90 Å². The summed E-state index contributed by atoms with van der Waals surface area (Å²) < 4.78 is 19.6. The van der Waals surface area contributed by atoms with Crippen LogP contribution in [0.1, 0.15) is 11.5 Å².